The minimum Gasteiger partial charge on any atom is -0.385 e. The van der Waals surface area contributed by atoms with E-state index in [1.165, 1.54) is 37.1 Å². The number of benzene rings is 2. The SMILES string of the molecule is C=C(NCC(C)C)c1ccc(C)c(C2N=C(N3CCC(N4CCC(C)CC4)CC3)Nc3c2ccc(=O)n3-c2c(F)cccc2F)c1. The van der Waals surface area contributed by atoms with Gasteiger partial charge in [-0.3, -0.25) is 9.36 Å². The lowest BCUT2D eigenvalue weighted by Crippen LogP contribution is -2.51. The van der Waals surface area contributed by atoms with Crippen molar-refractivity contribution in [2.24, 2.45) is 16.8 Å². The molecule has 0 saturated carbocycles. The predicted molar refractivity (Wildman–Crippen MR) is 182 cm³/mol. The highest BCUT2D eigenvalue weighted by Crippen LogP contribution is 2.39. The second-order valence-electron chi connectivity index (χ2n) is 13.6. The van der Waals surface area contributed by atoms with Crippen LogP contribution in [0.15, 0.2) is 64.9 Å². The van der Waals surface area contributed by atoms with E-state index in [0.29, 0.717) is 29.3 Å². The first kappa shape index (κ1) is 32.0. The van der Waals surface area contributed by atoms with Gasteiger partial charge in [-0.25, -0.2) is 13.8 Å². The Morgan fingerprint density at radius 2 is 1.70 bits per heavy atom. The Kier molecular flexibility index (Phi) is 9.32. The molecule has 244 valence electrons. The van der Waals surface area contributed by atoms with Crippen LogP contribution in [-0.2, 0) is 0 Å². The molecule has 9 heteroatoms. The van der Waals surface area contributed by atoms with Crippen molar-refractivity contribution in [2.75, 3.05) is 38.0 Å². The molecule has 0 bridgehead atoms. The minimum atomic E-state index is -0.805. The number of rotatable bonds is 7. The van der Waals surface area contributed by atoms with Crippen LogP contribution in [0.5, 0.6) is 0 Å². The van der Waals surface area contributed by atoms with Gasteiger partial charge in [0.2, 0.25) is 5.96 Å². The van der Waals surface area contributed by atoms with Gasteiger partial charge in [0.15, 0.2) is 0 Å². The summed E-state index contributed by atoms with van der Waals surface area (Å²) in [5, 5.41) is 6.81. The van der Waals surface area contributed by atoms with Gasteiger partial charge in [0, 0.05) is 43.0 Å². The lowest BCUT2D eigenvalue weighted by molar-refractivity contribution is 0.0982. The van der Waals surface area contributed by atoms with Crippen LogP contribution in [0.2, 0.25) is 0 Å². The summed E-state index contributed by atoms with van der Waals surface area (Å²) in [5.41, 5.74) is 3.49. The first-order valence-corrected chi connectivity index (χ1v) is 16.7. The van der Waals surface area contributed by atoms with Crippen molar-refractivity contribution in [2.45, 2.75) is 65.5 Å². The Bertz CT molecular complexity index is 1660. The van der Waals surface area contributed by atoms with Crippen molar-refractivity contribution in [3.63, 3.8) is 0 Å². The zero-order chi connectivity index (χ0) is 32.5. The predicted octanol–water partition coefficient (Wildman–Crippen LogP) is 6.71. The van der Waals surface area contributed by atoms with Gasteiger partial charge < -0.3 is 20.4 Å². The van der Waals surface area contributed by atoms with E-state index in [1.807, 2.05) is 13.0 Å². The highest BCUT2D eigenvalue weighted by atomic mass is 19.1. The van der Waals surface area contributed by atoms with Crippen LogP contribution in [0.25, 0.3) is 11.4 Å². The molecular weight excluding hydrogens is 582 g/mol. The fourth-order valence-corrected chi connectivity index (χ4v) is 6.94. The molecule has 2 aromatic carbocycles. The number of hydrogen-bond donors (Lipinski definition) is 2. The maximum atomic E-state index is 15.2. The number of aliphatic imine (C=N–C) groups is 1. The van der Waals surface area contributed by atoms with Gasteiger partial charge in [0.1, 0.15) is 29.2 Å². The highest BCUT2D eigenvalue weighted by molar-refractivity contribution is 5.96. The smallest absolute Gasteiger partial charge is 0.256 e. The van der Waals surface area contributed by atoms with E-state index in [9.17, 15) is 4.79 Å². The lowest BCUT2D eigenvalue weighted by atomic mass is 9.92. The van der Waals surface area contributed by atoms with Gasteiger partial charge in [0.25, 0.3) is 5.56 Å². The highest BCUT2D eigenvalue weighted by Gasteiger charge is 2.34. The number of aromatic nitrogens is 1. The molecule has 4 heterocycles. The molecule has 46 heavy (non-hydrogen) atoms. The van der Waals surface area contributed by atoms with Crippen LogP contribution in [-0.4, -0.2) is 59.1 Å². The maximum Gasteiger partial charge on any atom is 0.256 e. The molecule has 2 N–H and O–H groups in total. The molecule has 1 aromatic heterocycles. The van der Waals surface area contributed by atoms with Gasteiger partial charge in [-0.1, -0.05) is 45.5 Å². The standard InChI is InChI=1S/C37H46F2N6O/c1-23(2)22-40-26(5)27-10-9-25(4)30(21-27)34-29-11-12-33(46)45(35-31(38)7-6-8-32(35)39)36(29)42-37(41-34)44-19-15-28(16-20-44)43-17-13-24(3)14-18-43/h6-12,21,23-24,28,34,40H,5,13-20,22H2,1-4H3,(H,41,42). The number of fused-ring (bicyclic) bond motifs is 1. The number of aryl methyl sites for hydroxylation is 1. The molecule has 1 atom stereocenters. The first-order valence-electron chi connectivity index (χ1n) is 16.7. The summed E-state index contributed by atoms with van der Waals surface area (Å²) < 4.78 is 31.6. The van der Waals surface area contributed by atoms with Gasteiger partial charge in [-0.15, -0.1) is 0 Å². The zero-order valence-corrected chi connectivity index (χ0v) is 27.5. The van der Waals surface area contributed by atoms with Crippen molar-refractivity contribution in [3.05, 3.63) is 99.4 Å². The fraction of sp³-hybridized carbons (Fsp3) is 0.459. The van der Waals surface area contributed by atoms with Crippen molar-refractivity contribution in [3.8, 4) is 5.69 Å². The number of likely N-dealkylation sites (tertiary alicyclic amines) is 2. The average molecular weight is 629 g/mol. The monoisotopic (exact) mass is 628 g/mol. The molecule has 0 radical (unpaired) electrons. The number of guanidine groups is 1. The molecule has 0 aliphatic carbocycles. The Hall–Kier alpha value is -3.98. The number of hydrogen-bond acceptors (Lipinski definition) is 6. The van der Waals surface area contributed by atoms with Crippen LogP contribution in [0.1, 0.15) is 74.8 Å². The van der Waals surface area contributed by atoms with Crippen LogP contribution in [0, 0.1) is 30.4 Å². The molecule has 3 aliphatic heterocycles. The number of nitrogens with zero attached hydrogens (tertiary/aromatic N) is 4. The van der Waals surface area contributed by atoms with E-state index in [2.05, 4.69) is 59.9 Å². The van der Waals surface area contributed by atoms with Crippen molar-refractivity contribution in [1.82, 2.24) is 19.7 Å². The molecule has 3 aliphatic rings. The molecular formula is C37H46F2N6O. The fourth-order valence-electron chi connectivity index (χ4n) is 6.94. The van der Waals surface area contributed by atoms with Gasteiger partial charge in [-0.05, 0) is 98.5 Å². The van der Waals surface area contributed by atoms with Crippen molar-refractivity contribution >= 4 is 17.5 Å². The molecule has 0 spiro atoms. The van der Waals surface area contributed by atoms with Gasteiger partial charge in [-0.2, -0.15) is 0 Å². The summed E-state index contributed by atoms with van der Waals surface area (Å²) in [6, 6.07) is 13.0. The van der Waals surface area contributed by atoms with E-state index in [0.717, 1.165) is 78.4 Å². The second kappa shape index (κ2) is 13.4. The van der Waals surface area contributed by atoms with Crippen molar-refractivity contribution < 1.29 is 8.78 Å². The molecule has 1 unspecified atom stereocenters. The first-order chi connectivity index (χ1) is 22.1. The third-order valence-electron chi connectivity index (χ3n) is 9.80. The molecule has 3 aromatic rings. The normalized spacial score (nSPS) is 19.5. The molecule has 0 amide bonds. The van der Waals surface area contributed by atoms with E-state index in [1.54, 1.807) is 6.07 Å². The Labute approximate surface area is 271 Å². The van der Waals surface area contributed by atoms with Gasteiger partial charge in [0.05, 0.1) is 0 Å². The summed E-state index contributed by atoms with van der Waals surface area (Å²) in [6.07, 6.45) is 4.50. The molecule has 2 fully saturated rings. The molecule has 2 saturated heterocycles. The van der Waals surface area contributed by atoms with Gasteiger partial charge >= 0.3 is 0 Å². The number of anilines is 1. The minimum absolute atomic E-state index is 0.334. The Morgan fingerprint density at radius 1 is 1.00 bits per heavy atom. The Morgan fingerprint density at radius 3 is 2.37 bits per heavy atom. The second-order valence-corrected chi connectivity index (χ2v) is 13.6. The number of para-hydroxylation sites is 1. The van der Waals surface area contributed by atoms with Crippen LogP contribution in [0.4, 0.5) is 14.6 Å². The summed E-state index contributed by atoms with van der Waals surface area (Å²) in [4.78, 5) is 23.5. The van der Waals surface area contributed by atoms with Crippen molar-refractivity contribution in [1.29, 1.82) is 0 Å². The van der Waals surface area contributed by atoms with E-state index >= 15 is 8.78 Å². The lowest BCUT2D eigenvalue weighted by Gasteiger charge is -2.43. The van der Waals surface area contributed by atoms with Crippen LogP contribution < -0.4 is 16.2 Å². The average Bonchev–Trinajstić information content (AvgIpc) is 3.04. The quantitative estimate of drug-likeness (QED) is 0.305. The summed E-state index contributed by atoms with van der Waals surface area (Å²) in [6.45, 7) is 17.6. The van der Waals surface area contributed by atoms with Crippen LogP contribution >= 0.6 is 0 Å². The third kappa shape index (κ3) is 6.47. The van der Waals surface area contributed by atoms with E-state index in [4.69, 9.17) is 4.99 Å². The molecule has 7 nitrogen and oxygen atoms in total. The number of pyridine rings is 1. The topological polar surface area (TPSA) is 64.9 Å². The van der Waals surface area contributed by atoms with E-state index in [-0.39, 0.29) is 0 Å². The number of nitrogens with one attached hydrogen (secondary N) is 2. The summed E-state index contributed by atoms with van der Waals surface area (Å²) >= 11 is 0. The maximum absolute atomic E-state index is 15.2. The number of halogens is 2. The zero-order valence-electron chi connectivity index (χ0n) is 27.5. The largest absolute Gasteiger partial charge is 0.385 e. The van der Waals surface area contributed by atoms with E-state index < -0.39 is 28.9 Å². The summed E-state index contributed by atoms with van der Waals surface area (Å²) in [5.74, 6) is 0.584. The number of piperidine rings is 2. The Balaban J connectivity index is 1.40. The van der Waals surface area contributed by atoms with Crippen LogP contribution in [0.3, 0.4) is 0 Å². The third-order valence-corrected chi connectivity index (χ3v) is 9.80. The summed E-state index contributed by atoms with van der Waals surface area (Å²) in [7, 11) is 0. The molecule has 6 rings (SSSR count).